The molecule has 0 rings (SSSR count). The third-order valence-electron chi connectivity index (χ3n) is 2.17. The molecule has 0 bridgehead atoms. The highest BCUT2D eigenvalue weighted by atomic mass is 16.5. The number of carbonyl (C=O) groups excluding carboxylic acids is 2. The van der Waals surface area contributed by atoms with Gasteiger partial charge < -0.3 is 15.4 Å². The van der Waals surface area contributed by atoms with E-state index < -0.39 is 12.0 Å². The molecule has 16 heavy (non-hydrogen) atoms. The Hall–Kier alpha value is -1.10. The van der Waals surface area contributed by atoms with Crippen LogP contribution < -0.4 is 10.6 Å². The van der Waals surface area contributed by atoms with E-state index >= 15 is 0 Å². The second kappa shape index (κ2) is 9.15. The molecule has 0 saturated carbocycles. The zero-order valence-electron chi connectivity index (χ0n) is 10.3. The van der Waals surface area contributed by atoms with Crippen LogP contribution in [0.1, 0.15) is 33.1 Å². The molecule has 1 amide bonds. The van der Waals surface area contributed by atoms with Crippen molar-refractivity contribution < 1.29 is 14.3 Å². The van der Waals surface area contributed by atoms with Crippen molar-refractivity contribution in [3.05, 3.63) is 0 Å². The molecule has 0 radical (unpaired) electrons. The molecular weight excluding hydrogens is 208 g/mol. The summed E-state index contributed by atoms with van der Waals surface area (Å²) in [5.41, 5.74) is 0. The predicted molar refractivity (Wildman–Crippen MR) is 62.0 cm³/mol. The van der Waals surface area contributed by atoms with Gasteiger partial charge >= 0.3 is 5.97 Å². The molecule has 0 aliphatic heterocycles. The first-order valence-electron chi connectivity index (χ1n) is 5.67. The molecule has 0 aliphatic carbocycles. The Morgan fingerprint density at radius 2 is 2.00 bits per heavy atom. The van der Waals surface area contributed by atoms with Crippen LogP contribution in [0, 0.1) is 0 Å². The zero-order valence-corrected chi connectivity index (χ0v) is 10.3. The number of esters is 1. The highest BCUT2D eigenvalue weighted by Gasteiger charge is 2.18. The van der Waals surface area contributed by atoms with Gasteiger partial charge in [-0.3, -0.25) is 4.79 Å². The number of hydrogen-bond acceptors (Lipinski definition) is 4. The third-order valence-corrected chi connectivity index (χ3v) is 2.17. The Labute approximate surface area is 96.9 Å². The minimum Gasteiger partial charge on any atom is -0.467 e. The van der Waals surface area contributed by atoms with E-state index in [1.165, 1.54) is 14.0 Å². The molecule has 2 N–H and O–H groups in total. The maximum Gasteiger partial charge on any atom is 0.329 e. The van der Waals surface area contributed by atoms with Crippen molar-refractivity contribution in [1.82, 2.24) is 10.6 Å². The molecule has 94 valence electrons. The van der Waals surface area contributed by atoms with E-state index in [1.807, 2.05) is 0 Å². The van der Waals surface area contributed by atoms with E-state index in [9.17, 15) is 9.59 Å². The second-order valence-electron chi connectivity index (χ2n) is 3.69. The number of carbonyl (C=O) groups is 2. The van der Waals surface area contributed by atoms with E-state index in [-0.39, 0.29) is 5.91 Å². The van der Waals surface area contributed by atoms with E-state index in [0.29, 0.717) is 6.54 Å². The molecular formula is C11H22N2O3. The van der Waals surface area contributed by atoms with Gasteiger partial charge in [-0.25, -0.2) is 4.79 Å². The smallest absolute Gasteiger partial charge is 0.329 e. The molecule has 5 nitrogen and oxygen atoms in total. The summed E-state index contributed by atoms with van der Waals surface area (Å²) in [7, 11) is 1.31. The minimum atomic E-state index is -0.593. The summed E-state index contributed by atoms with van der Waals surface area (Å²) >= 11 is 0. The van der Waals surface area contributed by atoms with Crippen molar-refractivity contribution in [2.75, 3.05) is 20.2 Å². The van der Waals surface area contributed by atoms with E-state index in [2.05, 4.69) is 22.3 Å². The Morgan fingerprint density at radius 1 is 1.31 bits per heavy atom. The fourth-order valence-electron chi connectivity index (χ4n) is 1.33. The lowest BCUT2D eigenvalue weighted by atomic mass is 10.2. The van der Waals surface area contributed by atoms with E-state index in [1.54, 1.807) is 0 Å². The van der Waals surface area contributed by atoms with Gasteiger partial charge in [0.15, 0.2) is 0 Å². The summed E-state index contributed by atoms with van der Waals surface area (Å²) in [4.78, 5) is 22.2. The Balaban J connectivity index is 3.83. The Kier molecular flexibility index (Phi) is 8.52. The highest BCUT2D eigenvalue weighted by molar-refractivity contribution is 5.83. The Bertz CT molecular complexity index is 219. The molecule has 0 fully saturated rings. The molecule has 0 aromatic carbocycles. The van der Waals surface area contributed by atoms with Crippen molar-refractivity contribution in [1.29, 1.82) is 0 Å². The van der Waals surface area contributed by atoms with E-state index in [0.717, 1.165) is 25.8 Å². The van der Waals surface area contributed by atoms with Crippen LogP contribution in [0.3, 0.4) is 0 Å². The number of nitrogens with one attached hydrogen (secondary N) is 2. The quantitative estimate of drug-likeness (QED) is 0.469. The SMILES string of the molecule is CCCCCNCC(NC(C)=O)C(=O)OC. The van der Waals surface area contributed by atoms with Crippen LogP contribution in [0.4, 0.5) is 0 Å². The first kappa shape index (κ1) is 14.9. The maximum atomic E-state index is 11.3. The monoisotopic (exact) mass is 230 g/mol. The summed E-state index contributed by atoms with van der Waals surface area (Å²) in [5.74, 6) is -0.649. The number of methoxy groups -OCH3 is 1. The molecule has 1 atom stereocenters. The van der Waals surface area contributed by atoms with Gasteiger partial charge in [-0.2, -0.15) is 0 Å². The van der Waals surface area contributed by atoms with Gasteiger partial charge in [-0.15, -0.1) is 0 Å². The molecule has 0 aromatic heterocycles. The second-order valence-corrected chi connectivity index (χ2v) is 3.69. The van der Waals surface area contributed by atoms with Gasteiger partial charge in [0, 0.05) is 13.5 Å². The number of rotatable bonds is 8. The third kappa shape index (κ3) is 7.23. The highest BCUT2D eigenvalue weighted by Crippen LogP contribution is 1.92. The Morgan fingerprint density at radius 3 is 2.50 bits per heavy atom. The fraction of sp³-hybridized carbons (Fsp3) is 0.818. The fourth-order valence-corrected chi connectivity index (χ4v) is 1.33. The van der Waals surface area contributed by atoms with Crippen molar-refractivity contribution in [2.45, 2.75) is 39.2 Å². The lowest BCUT2D eigenvalue weighted by molar-refractivity contribution is -0.144. The summed E-state index contributed by atoms with van der Waals surface area (Å²) in [5, 5.41) is 5.67. The van der Waals surface area contributed by atoms with Crippen molar-refractivity contribution in [3.63, 3.8) is 0 Å². The summed E-state index contributed by atoms with van der Waals surface area (Å²) in [6, 6.07) is -0.593. The molecule has 1 unspecified atom stereocenters. The van der Waals surface area contributed by atoms with Crippen LogP contribution in [0.2, 0.25) is 0 Å². The number of unbranched alkanes of at least 4 members (excludes halogenated alkanes) is 2. The van der Waals surface area contributed by atoms with E-state index in [4.69, 9.17) is 0 Å². The zero-order chi connectivity index (χ0) is 12.4. The van der Waals surface area contributed by atoms with Crippen LogP contribution in [0.25, 0.3) is 0 Å². The summed E-state index contributed by atoms with van der Waals surface area (Å²) in [6.45, 7) is 4.78. The van der Waals surface area contributed by atoms with Crippen LogP contribution in [0.5, 0.6) is 0 Å². The summed E-state index contributed by atoms with van der Waals surface area (Å²) < 4.78 is 4.60. The number of hydrogen-bond donors (Lipinski definition) is 2. The normalized spacial score (nSPS) is 11.9. The summed E-state index contributed by atoms with van der Waals surface area (Å²) in [6.07, 6.45) is 3.40. The van der Waals surface area contributed by atoms with Crippen LogP contribution in [-0.4, -0.2) is 38.1 Å². The molecule has 0 aliphatic rings. The molecule has 0 heterocycles. The lowest BCUT2D eigenvalue weighted by Gasteiger charge is -2.15. The average molecular weight is 230 g/mol. The van der Waals surface area contributed by atoms with Crippen molar-refractivity contribution in [2.24, 2.45) is 0 Å². The first-order chi connectivity index (χ1) is 7.61. The van der Waals surface area contributed by atoms with Crippen molar-refractivity contribution >= 4 is 11.9 Å². The van der Waals surface area contributed by atoms with Crippen molar-refractivity contribution in [3.8, 4) is 0 Å². The van der Waals surface area contributed by atoms with Crippen LogP contribution in [0.15, 0.2) is 0 Å². The molecule has 5 heteroatoms. The lowest BCUT2D eigenvalue weighted by Crippen LogP contribution is -2.47. The predicted octanol–water partition coefficient (Wildman–Crippen LogP) is 0.444. The number of amides is 1. The topological polar surface area (TPSA) is 67.4 Å². The van der Waals surface area contributed by atoms with Gasteiger partial charge in [-0.05, 0) is 13.0 Å². The molecule has 0 spiro atoms. The average Bonchev–Trinajstić information content (AvgIpc) is 2.25. The number of ether oxygens (including phenoxy) is 1. The van der Waals surface area contributed by atoms with Crippen LogP contribution >= 0.6 is 0 Å². The molecule has 0 aromatic rings. The molecule has 0 saturated heterocycles. The maximum absolute atomic E-state index is 11.3. The standard InChI is InChI=1S/C11H22N2O3/c1-4-5-6-7-12-8-10(11(15)16-3)13-9(2)14/h10,12H,4-8H2,1-3H3,(H,13,14). The van der Waals surface area contributed by atoms with Gasteiger partial charge in [-0.1, -0.05) is 19.8 Å². The van der Waals surface area contributed by atoms with Gasteiger partial charge in [0.1, 0.15) is 6.04 Å². The largest absolute Gasteiger partial charge is 0.467 e. The van der Waals surface area contributed by atoms with Gasteiger partial charge in [0.25, 0.3) is 0 Å². The van der Waals surface area contributed by atoms with Gasteiger partial charge in [0.05, 0.1) is 7.11 Å². The minimum absolute atomic E-state index is 0.231. The van der Waals surface area contributed by atoms with Crippen LogP contribution in [-0.2, 0) is 14.3 Å². The van der Waals surface area contributed by atoms with Gasteiger partial charge in [0.2, 0.25) is 5.91 Å². The first-order valence-corrected chi connectivity index (χ1v) is 5.67.